The molecule has 6 nitrogen and oxygen atoms in total. The predicted molar refractivity (Wildman–Crippen MR) is 95.1 cm³/mol. The first-order valence-corrected chi connectivity index (χ1v) is 9.59. The van der Waals surface area contributed by atoms with Crippen LogP contribution in [-0.2, 0) is 21.2 Å². The van der Waals surface area contributed by atoms with Crippen molar-refractivity contribution in [1.82, 2.24) is 4.72 Å². The van der Waals surface area contributed by atoms with Crippen molar-refractivity contribution >= 4 is 21.8 Å². The molecule has 25 heavy (non-hydrogen) atoms. The maximum atomic E-state index is 12.4. The standard InChI is InChI=1S/C18H20N2O4S/c1-2-14-8-10-17(11-9-14)25(22,23)19-12-16-13-20(18(21)24-16)15-6-4-3-5-7-15/h3-11,16,19H,2,12-13H2,1H3. The minimum atomic E-state index is -3.63. The minimum Gasteiger partial charge on any atom is -0.443 e. The van der Waals surface area contributed by atoms with E-state index >= 15 is 0 Å². The number of benzene rings is 2. The number of ether oxygens (including phenoxy) is 1. The molecule has 3 rings (SSSR count). The van der Waals surface area contributed by atoms with Crippen LogP contribution in [0.5, 0.6) is 0 Å². The summed E-state index contributed by atoms with van der Waals surface area (Å²) in [5.74, 6) is 0. The molecule has 0 bridgehead atoms. The smallest absolute Gasteiger partial charge is 0.414 e. The van der Waals surface area contributed by atoms with Crippen LogP contribution < -0.4 is 9.62 Å². The molecular weight excluding hydrogens is 340 g/mol. The SMILES string of the molecule is CCc1ccc(S(=O)(=O)NCC2CN(c3ccccc3)C(=O)O2)cc1. The number of amides is 1. The second kappa shape index (κ2) is 7.25. The molecular formula is C18H20N2O4S. The van der Waals surface area contributed by atoms with Crippen molar-refractivity contribution in [1.29, 1.82) is 0 Å². The molecule has 1 unspecified atom stereocenters. The Morgan fingerprint density at radius 1 is 1.12 bits per heavy atom. The number of para-hydroxylation sites is 1. The number of cyclic esters (lactones) is 1. The minimum absolute atomic E-state index is 0.0347. The second-order valence-electron chi connectivity index (χ2n) is 5.80. The van der Waals surface area contributed by atoms with Gasteiger partial charge in [-0.25, -0.2) is 17.9 Å². The summed E-state index contributed by atoms with van der Waals surface area (Å²) in [6.45, 7) is 2.35. The summed E-state index contributed by atoms with van der Waals surface area (Å²) in [5.41, 5.74) is 1.80. The molecule has 1 amide bonds. The zero-order valence-electron chi connectivity index (χ0n) is 13.9. The lowest BCUT2D eigenvalue weighted by Crippen LogP contribution is -2.34. The summed E-state index contributed by atoms with van der Waals surface area (Å²) in [6, 6.07) is 15.9. The zero-order valence-corrected chi connectivity index (χ0v) is 14.7. The van der Waals surface area contributed by atoms with Gasteiger partial charge in [-0.1, -0.05) is 37.3 Å². The van der Waals surface area contributed by atoms with Gasteiger partial charge in [0.1, 0.15) is 6.10 Å². The lowest BCUT2D eigenvalue weighted by Gasteiger charge is -2.13. The van der Waals surface area contributed by atoms with E-state index in [2.05, 4.69) is 4.72 Å². The Morgan fingerprint density at radius 3 is 2.44 bits per heavy atom. The van der Waals surface area contributed by atoms with Gasteiger partial charge in [-0.3, -0.25) is 4.90 Å². The van der Waals surface area contributed by atoms with Gasteiger partial charge in [0.15, 0.2) is 0 Å². The predicted octanol–water partition coefficient (Wildman–Crippen LogP) is 2.55. The molecule has 7 heteroatoms. The van der Waals surface area contributed by atoms with Gasteiger partial charge >= 0.3 is 6.09 Å². The van der Waals surface area contributed by atoms with Crippen molar-refractivity contribution in [3.8, 4) is 0 Å². The van der Waals surface area contributed by atoms with Crippen molar-refractivity contribution in [3.63, 3.8) is 0 Å². The van der Waals surface area contributed by atoms with E-state index in [0.29, 0.717) is 6.54 Å². The van der Waals surface area contributed by atoms with E-state index in [1.165, 1.54) is 4.90 Å². The molecule has 132 valence electrons. The first-order chi connectivity index (χ1) is 12.0. The molecule has 1 aliphatic heterocycles. The molecule has 2 aromatic carbocycles. The first kappa shape index (κ1) is 17.4. The number of carbonyl (C=O) groups is 1. The third kappa shape index (κ3) is 4.00. The van der Waals surface area contributed by atoms with Crippen LogP contribution in [0.3, 0.4) is 0 Å². The Hall–Kier alpha value is -2.38. The van der Waals surface area contributed by atoms with Crippen LogP contribution in [0.25, 0.3) is 0 Å². The van der Waals surface area contributed by atoms with Gasteiger partial charge in [-0.2, -0.15) is 0 Å². The average molecular weight is 360 g/mol. The molecule has 2 aromatic rings. The zero-order chi connectivity index (χ0) is 17.9. The van der Waals surface area contributed by atoms with Gasteiger partial charge in [-0.15, -0.1) is 0 Å². The Morgan fingerprint density at radius 2 is 1.80 bits per heavy atom. The normalized spacial score (nSPS) is 17.6. The van der Waals surface area contributed by atoms with Crippen molar-refractivity contribution in [2.24, 2.45) is 0 Å². The summed E-state index contributed by atoms with van der Waals surface area (Å²) < 4.78 is 32.5. The van der Waals surface area contributed by atoms with Crippen molar-refractivity contribution in [2.45, 2.75) is 24.3 Å². The molecule has 1 saturated heterocycles. The third-order valence-electron chi connectivity index (χ3n) is 4.08. The molecule has 1 fully saturated rings. The molecule has 1 aliphatic rings. The molecule has 0 saturated carbocycles. The average Bonchev–Trinajstić information content (AvgIpc) is 3.02. The van der Waals surface area contributed by atoms with E-state index in [9.17, 15) is 13.2 Å². The van der Waals surface area contributed by atoms with E-state index in [1.54, 1.807) is 24.3 Å². The number of rotatable bonds is 6. The number of nitrogens with one attached hydrogen (secondary N) is 1. The molecule has 0 aromatic heterocycles. The molecule has 0 radical (unpaired) electrons. The summed E-state index contributed by atoms with van der Waals surface area (Å²) in [6.07, 6.45) is -0.152. The molecule has 0 spiro atoms. The summed E-state index contributed by atoms with van der Waals surface area (Å²) in [4.78, 5) is 13.7. The van der Waals surface area contributed by atoms with Gasteiger partial charge in [0.2, 0.25) is 10.0 Å². The van der Waals surface area contributed by atoms with Crippen LogP contribution in [0.1, 0.15) is 12.5 Å². The second-order valence-corrected chi connectivity index (χ2v) is 7.57. The Bertz CT molecular complexity index is 835. The van der Waals surface area contributed by atoms with E-state index in [-0.39, 0.29) is 11.4 Å². The summed E-state index contributed by atoms with van der Waals surface area (Å²) in [7, 11) is -3.63. The quantitative estimate of drug-likeness (QED) is 0.859. The van der Waals surface area contributed by atoms with Gasteiger partial charge < -0.3 is 4.74 Å². The summed E-state index contributed by atoms with van der Waals surface area (Å²) in [5, 5.41) is 0. The van der Waals surface area contributed by atoms with Crippen LogP contribution in [0.15, 0.2) is 59.5 Å². The van der Waals surface area contributed by atoms with Crippen LogP contribution >= 0.6 is 0 Å². The van der Waals surface area contributed by atoms with Gasteiger partial charge in [-0.05, 0) is 36.2 Å². The molecule has 0 aliphatic carbocycles. The van der Waals surface area contributed by atoms with E-state index in [1.807, 2.05) is 37.3 Å². The number of anilines is 1. The van der Waals surface area contributed by atoms with E-state index < -0.39 is 22.2 Å². The topological polar surface area (TPSA) is 75.7 Å². The van der Waals surface area contributed by atoms with E-state index in [0.717, 1.165) is 17.7 Å². The fourth-order valence-electron chi connectivity index (χ4n) is 2.64. The highest BCUT2D eigenvalue weighted by Gasteiger charge is 2.33. The largest absolute Gasteiger partial charge is 0.443 e. The summed E-state index contributed by atoms with van der Waals surface area (Å²) >= 11 is 0. The highest BCUT2D eigenvalue weighted by atomic mass is 32.2. The fourth-order valence-corrected chi connectivity index (χ4v) is 3.70. The molecule has 1 atom stereocenters. The number of hydrogen-bond donors (Lipinski definition) is 1. The van der Waals surface area contributed by atoms with Crippen LogP contribution in [0, 0.1) is 0 Å². The molecule has 1 heterocycles. The van der Waals surface area contributed by atoms with E-state index in [4.69, 9.17) is 4.74 Å². The number of hydrogen-bond acceptors (Lipinski definition) is 4. The molecule has 1 N–H and O–H groups in total. The monoisotopic (exact) mass is 360 g/mol. The fraction of sp³-hybridized carbons (Fsp3) is 0.278. The lowest BCUT2D eigenvalue weighted by molar-refractivity contribution is 0.143. The first-order valence-electron chi connectivity index (χ1n) is 8.11. The number of nitrogens with zero attached hydrogens (tertiary/aromatic N) is 1. The Balaban J connectivity index is 1.62. The van der Waals surface area contributed by atoms with Crippen LogP contribution in [0.2, 0.25) is 0 Å². The highest BCUT2D eigenvalue weighted by molar-refractivity contribution is 7.89. The number of carbonyl (C=O) groups excluding carboxylic acids is 1. The highest BCUT2D eigenvalue weighted by Crippen LogP contribution is 2.21. The van der Waals surface area contributed by atoms with Crippen LogP contribution in [-0.4, -0.2) is 33.7 Å². The van der Waals surface area contributed by atoms with Crippen molar-refractivity contribution in [3.05, 3.63) is 60.2 Å². The Labute approximate surface area is 147 Å². The maximum absolute atomic E-state index is 12.4. The van der Waals surface area contributed by atoms with Gasteiger partial charge in [0.05, 0.1) is 11.4 Å². The number of sulfonamides is 1. The van der Waals surface area contributed by atoms with Gasteiger partial charge in [0.25, 0.3) is 0 Å². The van der Waals surface area contributed by atoms with Crippen molar-refractivity contribution < 1.29 is 17.9 Å². The number of aryl methyl sites for hydroxylation is 1. The van der Waals surface area contributed by atoms with Crippen molar-refractivity contribution in [2.75, 3.05) is 18.0 Å². The lowest BCUT2D eigenvalue weighted by atomic mass is 10.2. The third-order valence-corrected chi connectivity index (χ3v) is 5.52. The Kier molecular flexibility index (Phi) is 5.06. The van der Waals surface area contributed by atoms with Crippen LogP contribution in [0.4, 0.5) is 10.5 Å². The van der Waals surface area contributed by atoms with Gasteiger partial charge in [0, 0.05) is 12.2 Å². The maximum Gasteiger partial charge on any atom is 0.414 e.